The predicted octanol–water partition coefficient (Wildman–Crippen LogP) is 3.32. The van der Waals surface area contributed by atoms with Crippen molar-refractivity contribution in [1.82, 2.24) is 19.9 Å². The van der Waals surface area contributed by atoms with Crippen LogP contribution in [0.15, 0.2) is 54.1 Å². The van der Waals surface area contributed by atoms with Crippen LogP contribution < -0.4 is 10.1 Å². The summed E-state index contributed by atoms with van der Waals surface area (Å²) in [5.41, 5.74) is 4.31. The van der Waals surface area contributed by atoms with Crippen LogP contribution in [-0.2, 0) is 16.1 Å². The Bertz CT molecular complexity index is 990. The van der Waals surface area contributed by atoms with Gasteiger partial charge in [-0.3, -0.25) is 9.36 Å². The maximum Gasteiger partial charge on any atom is 0.230 e. The number of rotatable bonds is 10. The molecule has 1 N–H and O–H groups in total. The Balaban J connectivity index is 1.57. The summed E-state index contributed by atoms with van der Waals surface area (Å²) in [6.45, 7) is 5.41. The molecule has 0 radical (unpaired) electrons. The van der Waals surface area contributed by atoms with Crippen molar-refractivity contribution in [1.29, 1.82) is 0 Å². The zero-order chi connectivity index (χ0) is 21.3. The van der Waals surface area contributed by atoms with Crippen molar-refractivity contribution >= 4 is 17.7 Å². The standard InChI is InChI=1S/C22H26N4O3S/c1-16-6-4-8-19(17(16)2)26-11-10-24-22(26)30-15-20(27)25-14-18-7-5-9-23-21(18)29-13-12-28-3/h4-11H,12-15H2,1-3H3,(H,25,27). The average molecular weight is 427 g/mol. The summed E-state index contributed by atoms with van der Waals surface area (Å²) in [4.78, 5) is 21.0. The van der Waals surface area contributed by atoms with Gasteiger partial charge in [0.1, 0.15) is 6.61 Å². The molecule has 0 bridgehead atoms. The molecule has 2 aromatic heterocycles. The van der Waals surface area contributed by atoms with Crippen molar-refractivity contribution in [2.75, 3.05) is 26.1 Å². The molecular formula is C22H26N4O3S. The molecular weight excluding hydrogens is 400 g/mol. The number of amides is 1. The summed E-state index contributed by atoms with van der Waals surface area (Å²) in [6, 6.07) is 9.87. The molecule has 0 fully saturated rings. The van der Waals surface area contributed by atoms with Crippen LogP contribution in [0.1, 0.15) is 16.7 Å². The number of thioether (sulfide) groups is 1. The molecule has 3 rings (SSSR count). The second-order valence-electron chi connectivity index (χ2n) is 6.67. The minimum atomic E-state index is -0.0813. The lowest BCUT2D eigenvalue weighted by molar-refractivity contribution is -0.118. The van der Waals surface area contributed by atoms with Gasteiger partial charge in [0.25, 0.3) is 0 Å². The van der Waals surface area contributed by atoms with Crippen molar-refractivity contribution in [3.8, 4) is 11.6 Å². The molecule has 0 unspecified atom stereocenters. The quantitative estimate of drug-likeness (QED) is 0.396. The Morgan fingerprint density at radius 1 is 1.13 bits per heavy atom. The second-order valence-corrected chi connectivity index (χ2v) is 7.62. The largest absolute Gasteiger partial charge is 0.475 e. The number of aromatic nitrogens is 3. The van der Waals surface area contributed by atoms with Gasteiger partial charge in [0.15, 0.2) is 5.16 Å². The first-order valence-corrected chi connectivity index (χ1v) is 10.6. The zero-order valence-corrected chi connectivity index (χ0v) is 18.2. The summed E-state index contributed by atoms with van der Waals surface area (Å²) >= 11 is 1.40. The highest BCUT2D eigenvalue weighted by atomic mass is 32.2. The molecule has 0 atom stereocenters. The van der Waals surface area contributed by atoms with Crippen molar-refractivity contribution in [2.45, 2.75) is 25.5 Å². The number of benzene rings is 1. The number of carbonyl (C=O) groups is 1. The molecule has 8 heteroatoms. The van der Waals surface area contributed by atoms with Crippen LogP contribution in [-0.4, -0.2) is 46.5 Å². The van der Waals surface area contributed by atoms with Crippen LogP contribution in [0, 0.1) is 13.8 Å². The van der Waals surface area contributed by atoms with E-state index in [-0.39, 0.29) is 11.7 Å². The number of imidazole rings is 1. The van der Waals surface area contributed by atoms with Crippen LogP contribution in [0.3, 0.4) is 0 Å². The fraction of sp³-hybridized carbons (Fsp3) is 0.318. The highest BCUT2D eigenvalue weighted by Crippen LogP contribution is 2.24. The Hall–Kier alpha value is -2.84. The molecule has 30 heavy (non-hydrogen) atoms. The van der Waals surface area contributed by atoms with Crippen molar-refractivity contribution in [2.24, 2.45) is 0 Å². The van der Waals surface area contributed by atoms with Gasteiger partial charge < -0.3 is 14.8 Å². The molecule has 0 saturated carbocycles. The molecule has 0 aliphatic rings. The van der Waals surface area contributed by atoms with E-state index in [1.54, 1.807) is 19.5 Å². The fourth-order valence-electron chi connectivity index (χ4n) is 2.86. The summed E-state index contributed by atoms with van der Waals surface area (Å²) in [5.74, 6) is 0.692. The number of methoxy groups -OCH3 is 1. The molecule has 158 valence electrons. The molecule has 7 nitrogen and oxygen atoms in total. The van der Waals surface area contributed by atoms with E-state index in [9.17, 15) is 4.79 Å². The SMILES string of the molecule is COCCOc1ncccc1CNC(=O)CSc1nccn1-c1cccc(C)c1C. The predicted molar refractivity (Wildman–Crippen MR) is 117 cm³/mol. The maximum atomic E-state index is 12.4. The van der Waals surface area contributed by atoms with Gasteiger partial charge in [-0.2, -0.15) is 0 Å². The Morgan fingerprint density at radius 2 is 2.00 bits per heavy atom. The third-order valence-electron chi connectivity index (χ3n) is 4.63. The number of hydrogen-bond acceptors (Lipinski definition) is 6. The summed E-state index contributed by atoms with van der Waals surface area (Å²) in [6.07, 6.45) is 5.33. The second kappa shape index (κ2) is 10.8. The van der Waals surface area contributed by atoms with Gasteiger partial charge in [-0.1, -0.05) is 30.0 Å². The molecule has 0 spiro atoms. The van der Waals surface area contributed by atoms with Gasteiger partial charge in [-0.25, -0.2) is 9.97 Å². The molecule has 1 amide bonds. The van der Waals surface area contributed by atoms with Crippen molar-refractivity contribution in [3.05, 3.63) is 65.6 Å². The van der Waals surface area contributed by atoms with Gasteiger partial charge in [-0.05, 0) is 37.1 Å². The number of ether oxygens (including phenoxy) is 2. The Morgan fingerprint density at radius 3 is 2.83 bits per heavy atom. The van der Waals surface area contributed by atoms with Crippen LogP contribution in [0.4, 0.5) is 0 Å². The third-order valence-corrected chi connectivity index (χ3v) is 5.59. The molecule has 0 saturated heterocycles. The minimum absolute atomic E-state index is 0.0813. The Labute approximate surface area is 180 Å². The van der Waals surface area contributed by atoms with Crippen LogP contribution >= 0.6 is 11.8 Å². The van der Waals surface area contributed by atoms with Gasteiger partial charge in [0.2, 0.25) is 11.8 Å². The van der Waals surface area contributed by atoms with E-state index in [1.807, 2.05) is 29.0 Å². The average Bonchev–Trinajstić information content (AvgIpc) is 3.22. The number of nitrogens with zero attached hydrogens (tertiary/aromatic N) is 3. The monoisotopic (exact) mass is 426 g/mol. The normalized spacial score (nSPS) is 10.8. The molecule has 2 heterocycles. The highest BCUT2D eigenvalue weighted by Gasteiger charge is 2.12. The molecule has 0 aliphatic heterocycles. The summed E-state index contributed by atoms with van der Waals surface area (Å²) in [7, 11) is 1.62. The minimum Gasteiger partial charge on any atom is -0.475 e. The van der Waals surface area contributed by atoms with Gasteiger partial charge in [0, 0.05) is 37.8 Å². The van der Waals surface area contributed by atoms with Gasteiger partial charge in [0.05, 0.1) is 18.0 Å². The lowest BCUT2D eigenvalue weighted by Crippen LogP contribution is -2.25. The van der Waals surface area contributed by atoms with Crippen LogP contribution in [0.25, 0.3) is 5.69 Å². The highest BCUT2D eigenvalue weighted by molar-refractivity contribution is 7.99. The van der Waals surface area contributed by atoms with Crippen molar-refractivity contribution in [3.63, 3.8) is 0 Å². The van der Waals surface area contributed by atoms with E-state index in [0.29, 0.717) is 25.6 Å². The Kier molecular flexibility index (Phi) is 7.87. The first-order valence-electron chi connectivity index (χ1n) is 9.65. The van der Waals surface area contributed by atoms with E-state index in [2.05, 4.69) is 41.3 Å². The first-order chi connectivity index (χ1) is 14.6. The smallest absolute Gasteiger partial charge is 0.230 e. The maximum absolute atomic E-state index is 12.4. The zero-order valence-electron chi connectivity index (χ0n) is 17.4. The molecule has 1 aromatic carbocycles. The molecule has 0 aliphatic carbocycles. The van der Waals surface area contributed by atoms with Crippen LogP contribution in [0.2, 0.25) is 0 Å². The van der Waals surface area contributed by atoms with Gasteiger partial charge in [-0.15, -0.1) is 0 Å². The number of nitrogens with one attached hydrogen (secondary N) is 1. The lowest BCUT2D eigenvalue weighted by atomic mass is 10.1. The van der Waals surface area contributed by atoms with E-state index in [4.69, 9.17) is 9.47 Å². The first kappa shape index (κ1) is 21.9. The van der Waals surface area contributed by atoms with E-state index in [0.717, 1.165) is 16.4 Å². The summed E-state index contributed by atoms with van der Waals surface area (Å²) in [5, 5.41) is 3.71. The topological polar surface area (TPSA) is 78.3 Å². The van der Waals surface area contributed by atoms with E-state index in [1.165, 1.54) is 22.9 Å². The van der Waals surface area contributed by atoms with E-state index < -0.39 is 0 Å². The van der Waals surface area contributed by atoms with Gasteiger partial charge >= 0.3 is 0 Å². The number of carbonyl (C=O) groups excluding carboxylic acids is 1. The van der Waals surface area contributed by atoms with Crippen LogP contribution in [0.5, 0.6) is 5.88 Å². The third kappa shape index (κ3) is 5.61. The number of pyridine rings is 1. The number of aryl methyl sites for hydroxylation is 1. The molecule has 3 aromatic rings. The van der Waals surface area contributed by atoms with E-state index >= 15 is 0 Å². The number of hydrogen-bond donors (Lipinski definition) is 1. The fourth-order valence-corrected chi connectivity index (χ4v) is 3.66. The van der Waals surface area contributed by atoms with Crippen molar-refractivity contribution < 1.29 is 14.3 Å². The summed E-state index contributed by atoms with van der Waals surface area (Å²) < 4.78 is 12.6. The lowest BCUT2D eigenvalue weighted by Gasteiger charge is -2.13.